The summed E-state index contributed by atoms with van der Waals surface area (Å²) in [6.45, 7) is 3.35. The van der Waals surface area contributed by atoms with E-state index < -0.39 is 0 Å². The Morgan fingerprint density at radius 3 is 2.68 bits per heavy atom. The number of carbonyl (C=O) groups is 1. The fraction of sp³-hybridized carbons (Fsp3) is 0.429. The predicted molar refractivity (Wildman–Crippen MR) is 78.6 cm³/mol. The number of Topliss-reactive ketones (excluding diaryl/α,β-unsaturated/α-hetero) is 1. The smallest absolute Gasteiger partial charge is 0.196 e. The number of benzene rings is 1. The lowest BCUT2D eigenvalue weighted by Gasteiger charge is -2.28. The van der Waals surface area contributed by atoms with Crippen LogP contribution in [0.25, 0.3) is 0 Å². The molecule has 5 heteroatoms. The summed E-state index contributed by atoms with van der Waals surface area (Å²) < 4.78 is 0. The Balaban J connectivity index is 2.10. The van der Waals surface area contributed by atoms with Crippen LogP contribution < -0.4 is 5.43 Å². The number of carbonyl (C=O) groups excluding carboxylic acids is 1. The molecule has 1 fully saturated rings. The van der Waals surface area contributed by atoms with Crippen LogP contribution in [0.2, 0.25) is 5.02 Å². The van der Waals surface area contributed by atoms with E-state index in [2.05, 4.69) is 10.5 Å². The molecule has 1 heterocycles. The molecule has 1 aromatic rings. The first-order valence-electron chi connectivity index (χ1n) is 6.52. The highest BCUT2D eigenvalue weighted by atomic mass is 35.5. The van der Waals surface area contributed by atoms with Crippen molar-refractivity contribution in [1.82, 2.24) is 4.90 Å². The van der Waals surface area contributed by atoms with Crippen molar-refractivity contribution in [2.75, 3.05) is 18.5 Å². The Kier molecular flexibility index (Phi) is 4.80. The number of amidine groups is 1. The van der Waals surface area contributed by atoms with Crippen LogP contribution in [0, 0.1) is 0 Å². The first-order valence-corrected chi connectivity index (χ1v) is 6.90. The third kappa shape index (κ3) is 3.96. The Labute approximate surface area is 118 Å². The molecule has 4 nitrogen and oxygen atoms in total. The summed E-state index contributed by atoms with van der Waals surface area (Å²) >= 11 is 5.91. The third-order valence-electron chi connectivity index (χ3n) is 3.09. The highest BCUT2D eigenvalue weighted by molar-refractivity contribution is 6.38. The van der Waals surface area contributed by atoms with Crippen LogP contribution in [0.5, 0.6) is 0 Å². The number of hydrazone groups is 1. The molecule has 1 saturated heterocycles. The topological polar surface area (TPSA) is 44.7 Å². The largest absolute Gasteiger partial charge is 0.352 e. The van der Waals surface area contributed by atoms with Crippen LogP contribution in [0.15, 0.2) is 29.4 Å². The van der Waals surface area contributed by atoms with E-state index in [0.717, 1.165) is 31.6 Å². The Bertz CT molecular complexity index is 481. The van der Waals surface area contributed by atoms with E-state index in [1.165, 1.54) is 6.42 Å². The molecule has 19 heavy (non-hydrogen) atoms. The summed E-state index contributed by atoms with van der Waals surface area (Å²) in [5.41, 5.74) is 3.69. The lowest BCUT2D eigenvalue weighted by molar-refractivity contribution is -0.111. The lowest BCUT2D eigenvalue weighted by Crippen LogP contribution is -2.39. The quantitative estimate of drug-likeness (QED) is 0.525. The van der Waals surface area contributed by atoms with Crippen molar-refractivity contribution in [2.45, 2.75) is 26.2 Å². The molecule has 0 saturated carbocycles. The van der Waals surface area contributed by atoms with Crippen LogP contribution in [-0.4, -0.2) is 29.6 Å². The normalized spacial score (nSPS) is 16.3. The Hall–Kier alpha value is -1.55. The monoisotopic (exact) mass is 279 g/mol. The molecule has 0 spiro atoms. The number of likely N-dealkylation sites (tertiary alicyclic amines) is 1. The van der Waals surface area contributed by atoms with Gasteiger partial charge in [-0.05, 0) is 37.5 Å². The van der Waals surface area contributed by atoms with Crippen molar-refractivity contribution in [2.24, 2.45) is 5.10 Å². The fourth-order valence-corrected chi connectivity index (χ4v) is 2.34. The van der Waals surface area contributed by atoms with Crippen LogP contribution in [0.4, 0.5) is 5.69 Å². The predicted octanol–water partition coefficient (Wildman–Crippen LogP) is 3.14. The number of piperidine rings is 1. The minimum absolute atomic E-state index is 0.0172. The second-order valence-corrected chi connectivity index (χ2v) is 5.10. The number of ketones is 1. The van der Waals surface area contributed by atoms with Gasteiger partial charge in [0.1, 0.15) is 0 Å². The van der Waals surface area contributed by atoms with Gasteiger partial charge in [0, 0.05) is 25.0 Å². The first-order chi connectivity index (χ1) is 9.16. The van der Waals surface area contributed by atoms with E-state index >= 15 is 0 Å². The minimum atomic E-state index is -0.0172. The number of rotatable bonds is 3. The summed E-state index contributed by atoms with van der Waals surface area (Å²) in [4.78, 5) is 13.7. The zero-order valence-corrected chi connectivity index (χ0v) is 11.8. The average Bonchev–Trinajstić information content (AvgIpc) is 2.40. The van der Waals surface area contributed by atoms with E-state index in [1.54, 1.807) is 19.1 Å². The van der Waals surface area contributed by atoms with Gasteiger partial charge in [0.25, 0.3) is 0 Å². The fourth-order valence-electron chi connectivity index (χ4n) is 2.15. The van der Waals surface area contributed by atoms with Crippen LogP contribution in [0.3, 0.4) is 0 Å². The van der Waals surface area contributed by atoms with Crippen molar-refractivity contribution < 1.29 is 4.79 Å². The zero-order valence-electron chi connectivity index (χ0n) is 11.0. The molecule has 1 aliphatic rings. The van der Waals surface area contributed by atoms with Gasteiger partial charge in [-0.2, -0.15) is 5.10 Å². The van der Waals surface area contributed by atoms with Gasteiger partial charge in [-0.3, -0.25) is 10.2 Å². The van der Waals surface area contributed by atoms with E-state index in [9.17, 15) is 4.79 Å². The molecule has 0 aliphatic carbocycles. The second kappa shape index (κ2) is 6.57. The zero-order chi connectivity index (χ0) is 13.7. The van der Waals surface area contributed by atoms with Gasteiger partial charge in [-0.1, -0.05) is 17.7 Å². The number of hydrogen-bond donors (Lipinski definition) is 1. The highest BCUT2D eigenvalue weighted by Gasteiger charge is 2.18. The van der Waals surface area contributed by atoms with Gasteiger partial charge >= 0.3 is 0 Å². The maximum Gasteiger partial charge on any atom is 0.196 e. The molecule has 0 atom stereocenters. The van der Waals surface area contributed by atoms with Gasteiger partial charge in [-0.15, -0.1) is 0 Å². The number of nitrogens with one attached hydrogen (secondary N) is 1. The third-order valence-corrected chi connectivity index (χ3v) is 3.32. The highest BCUT2D eigenvalue weighted by Crippen LogP contribution is 2.15. The summed E-state index contributed by atoms with van der Waals surface area (Å²) in [7, 11) is 0. The Morgan fingerprint density at radius 2 is 2.05 bits per heavy atom. The van der Waals surface area contributed by atoms with Crippen LogP contribution in [-0.2, 0) is 4.79 Å². The molecular weight excluding hydrogens is 262 g/mol. The molecule has 2 rings (SSSR count). The van der Waals surface area contributed by atoms with E-state index in [4.69, 9.17) is 11.6 Å². The molecule has 0 bridgehead atoms. The molecule has 0 amide bonds. The lowest BCUT2D eigenvalue weighted by atomic mass is 10.1. The Morgan fingerprint density at radius 1 is 1.32 bits per heavy atom. The van der Waals surface area contributed by atoms with Crippen LogP contribution >= 0.6 is 11.6 Å². The summed E-state index contributed by atoms with van der Waals surface area (Å²) in [5, 5.41) is 4.88. The van der Waals surface area contributed by atoms with Gasteiger partial charge in [0.05, 0.1) is 5.69 Å². The number of halogens is 1. The number of nitrogens with zero attached hydrogens (tertiary/aromatic N) is 2. The number of hydrogen-bond acceptors (Lipinski definition) is 3. The van der Waals surface area contributed by atoms with Crippen LogP contribution in [0.1, 0.15) is 26.2 Å². The maximum atomic E-state index is 11.7. The summed E-state index contributed by atoms with van der Waals surface area (Å²) in [5.74, 6) is 0.483. The maximum absolute atomic E-state index is 11.7. The summed E-state index contributed by atoms with van der Waals surface area (Å²) in [6, 6.07) is 7.28. The first kappa shape index (κ1) is 13.9. The van der Waals surface area contributed by atoms with E-state index in [-0.39, 0.29) is 5.78 Å². The molecule has 1 aliphatic heterocycles. The van der Waals surface area contributed by atoms with Crippen molar-refractivity contribution in [1.29, 1.82) is 0 Å². The summed E-state index contributed by atoms with van der Waals surface area (Å²) in [6.07, 6.45) is 3.45. The molecule has 1 N–H and O–H groups in total. The minimum Gasteiger partial charge on any atom is -0.352 e. The second-order valence-electron chi connectivity index (χ2n) is 4.66. The standard InChI is InChI=1S/C14H18ClN3O/c1-11(19)14(18-8-3-2-4-9-18)17-16-13-7-5-6-12(15)10-13/h5-7,10,16H,2-4,8-9H2,1H3/b17-14+. The molecule has 1 aromatic carbocycles. The average molecular weight is 280 g/mol. The van der Waals surface area contributed by atoms with Gasteiger partial charge < -0.3 is 4.90 Å². The van der Waals surface area contributed by atoms with Crippen molar-refractivity contribution in [3.05, 3.63) is 29.3 Å². The number of anilines is 1. The van der Waals surface area contributed by atoms with Crippen molar-refractivity contribution in [3.63, 3.8) is 0 Å². The molecule has 0 aromatic heterocycles. The van der Waals surface area contributed by atoms with Gasteiger partial charge in [0.15, 0.2) is 11.6 Å². The SMILES string of the molecule is CC(=O)/C(=N\Nc1cccc(Cl)c1)N1CCCCC1. The van der Waals surface area contributed by atoms with E-state index in [0.29, 0.717) is 10.9 Å². The van der Waals surface area contributed by atoms with Crippen molar-refractivity contribution in [3.8, 4) is 0 Å². The molecular formula is C14H18ClN3O. The molecule has 0 radical (unpaired) electrons. The van der Waals surface area contributed by atoms with Gasteiger partial charge in [-0.25, -0.2) is 0 Å². The van der Waals surface area contributed by atoms with Gasteiger partial charge in [0.2, 0.25) is 0 Å². The van der Waals surface area contributed by atoms with Crippen molar-refractivity contribution >= 4 is 28.9 Å². The molecule has 102 valence electrons. The molecule has 0 unspecified atom stereocenters. The van der Waals surface area contributed by atoms with E-state index in [1.807, 2.05) is 17.0 Å².